The summed E-state index contributed by atoms with van der Waals surface area (Å²) in [5.41, 5.74) is 4.01. The van der Waals surface area contributed by atoms with Gasteiger partial charge >= 0.3 is 0 Å². The van der Waals surface area contributed by atoms with Crippen LogP contribution in [0.4, 0.5) is 5.69 Å². The van der Waals surface area contributed by atoms with Gasteiger partial charge in [-0.1, -0.05) is 63.2 Å². The van der Waals surface area contributed by atoms with Crippen molar-refractivity contribution in [1.29, 1.82) is 0 Å². The standard InChI is InChI=1S/C25H21N5O2S2/c1-25(2,3)17-11-9-16(10-12-17)22-27-28-23(29(22)18-7-5-4-6-8-18)34-24-26-20-14-13-19(30(31)32)15-21(20)33-24/h4-15H,1-3H3. The van der Waals surface area contributed by atoms with E-state index < -0.39 is 4.92 Å². The smallest absolute Gasteiger partial charge is 0.270 e. The summed E-state index contributed by atoms with van der Waals surface area (Å²) in [6.45, 7) is 6.57. The van der Waals surface area contributed by atoms with Crippen LogP contribution in [0, 0.1) is 10.1 Å². The average Bonchev–Trinajstić information content (AvgIpc) is 3.42. The number of non-ortho nitro benzene ring substituents is 1. The van der Waals surface area contributed by atoms with E-state index >= 15 is 0 Å². The van der Waals surface area contributed by atoms with Gasteiger partial charge in [-0.3, -0.25) is 14.7 Å². The molecule has 0 saturated heterocycles. The van der Waals surface area contributed by atoms with E-state index in [1.54, 1.807) is 12.1 Å². The van der Waals surface area contributed by atoms with Crippen LogP contribution in [0.2, 0.25) is 0 Å². The molecule has 0 aliphatic rings. The van der Waals surface area contributed by atoms with Crippen LogP contribution in [0.15, 0.2) is 82.3 Å². The Morgan fingerprint density at radius 3 is 2.38 bits per heavy atom. The minimum absolute atomic E-state index is 0.0566. The lowest BCUT2D eigenvalue weighted by atomic mass is 9.87. The van der Waals surface area contributed by atoms with E-state index in [4.69, 9.17) is 0 Å². The number of fused-ring (bicyclic) bond motifs is 1. The lowest BCUT2D eigenvalue weighted by molar-refractivity contribution is -0.384. The molecule has 0 N–H and O–H groups in total. The zero-order valence-electron chi connectivity index (χ0n) is 18.8. The van der Waals surface area contributed by atoms with Crippen molar-refractivity contribution in [1.82, 2.24) is 19.7 Å². The Bertz CT molecular complexity index is 1490. The van der Waals surface area contributed by atoms with Crippen LogP contribution in [0.5, 0.6) is 0 Å². The Morgan fingerprint density at radius 1 is 0.971 bits per heavy atom. The van der Waals surface area contributed by atoms with Crippen molar-refractivity contribution in [3.05, 3.63) is 88.5 Å². The van der Waals surface area contributed by atoms with Crippen LogP contribution < -0.4 is 0 Å². The summed E-state index contributed by atoms with van der Waals surface area (Å²) in [6.07, 6.45) is 0. The minimum Gasteiger partial charge on any atom is -0.270 e. The van der Waals surface area contributed by atoms with Crippen molar-refractivity contribution in [3.8, 4) is 17.1 Å². The fourth-order valence-electron chi connectivity index (χ4n) is 3.58. The Labute approximate surface area is 204 Å². The molecule has 5 rings (SSSR count). The van der Waals surface area contributed by atoms with Gasteiger partial charge in [0.15, 0.2) is 10.2 Å². The zero-order chi connectivity index (χ0) is 23.9. The molecule has 0 amide bonds. The molecule has 0 unspecified atom stereocenters. The SMILES string of the molecule is CC(C)(C)c1ccc(-c2nnc(Sc3nc4ccc([N+](=O)[O-])cc4s3)n2-c2ccccc2)cc1. The molecule has 0 atom stereocenters. The zero-order valence-corrected chi connectivity index (χ0v) is 20.4. The second-order valence-corrected chi connectivity index (χ2v) is 11.0. The maximum Gasteiger partial charge on any atom is 0.270 e. The number of nitro groups is 1. The molecule has 2 aromatic heterocycles. The van der Waals surface area contributed by atoms with Crippen molar-refractivity contribution in [2.75, 3.05) is 0 Å². The van der Waals surface area contributed by atoms with Gasteiger partial charge in [-0.05, 0) is 40.9 Å². The number of hydrogen-bond acceptors (Lipinski definition) is 7. The van der Waals surface area contributed by atoms with Crippen LogP contribution in [0.1, 0.15) is 26.3 Å². The van der Waals surface area contributed by atoms with Gasteiger partial charge < -0.3 is 0 Å². The number of nitrogens with zero attached hydrogens (tertiary/aromatic N) is 5. The molecule has 0 bridgehead atoms. The number of nitro benzene ring substituents is 1. The fourth-order valence-corrected chi connectivity index (χ4v) is 5.63. The van der Waals surface area contributed by atoms with Gasteiger partial charge in [-0.15, -0.1) is 21.5 Å². The molecule has 9 heteroatoms. The second-order valence-electron chi connectivity index (χ2n) is 8.80. The average molecular weight is 488 g/mol. The summed E-state index contributed by atoms with van der Waals surface area (Å²) >= 11 is 2.80. The lowest BCUT2D eigenvalue weighted by Crippen LogP contribution is -2.10. The van der Waals surface area contributed by atoms with E-state index in [-0.39, 0.29) is 11.1 Å². The highest BCUT2D eigenvalue weighted by Gasteiger charge is 2.20. The van der Waals surface area contributed by atoms with E-state index in [1.807, 2.05) is 34.9 Å². The van der Waals surface area contributed by atoms with Gasteiger partial charge in [-0.25, -0.2) is 4.98 Å². The van der Waals surface area contributed by atoms with Crippen molar-refractivity contribution >= 4 is 39.0 Å². The van der Waals surface area contributed by atoms with Crippen LogP contribution in [-0.4, -0.2) is 24.7 Å². The fraction of sp³-hybridized carbons (Fsp3) is 0.160. The number of benzene rings is 3. The van der Waals surface area contributed by atoms with E-state index in [0.717, 1.165) is 31.6 Å². The summed E-state index contributed by atoms with van der Waals surface area (Å²) < 4.78 is 3.53. The van der Waals surface area contributed by atoms with Crippen molar-refractivity contribution in [3.63, 3.8) is 0 Å². The topological polar surface area (TPSA) is 86.7 Å². The Kier molecular flexibility index (Phi) is 5.66. The molecule has 2 heterocycles. The normalized spacial score (nSPS) is 11.7. The lowest BCUT2D eigenvalue weighted by Gasteiger charge is -2.19. The third-order valence-electron chi connectivity index (χ3n) is 5.40. The number of rotatable bonds is 5. The third kappa shape index (κ3) is 4.32. The first kappa shape index (κ1) is 22.2. The largest absolute Gasteiger partial charge is 0.270 e. The minimum atomic E-state index is -0.394. The highest BCUT2D eigenvalue weighted by atomic mass is 32.2. The molecule has 170 valence electrons. The van der Waals surface area contributed by atoms with Crippen molar-refractivity contribution in [2.24, 2.45) is 0 Å². The number of hydrogen-bond donors (Lipinski definition) is 0. The number of para-hydroxylation sites is 1. The van der Waals surface area contributed by atoms with Crippen LogP contribution >= 0.6 is 23.1 Å². The highest BCUT2D eigenvalue weighted by molar-refractivity contribution is 8.01. The number of aromatic nitrogens is 4. The van der Waals surface area contributed by atoms with Gasteiger partial charge in [0.2, 0.25) is 5.16 Å². The van der Waals surface area contributed by atoms with E-state index in [9.17, 15) is 10.1 Å². The van der Waals surface area contributed by atoms with E-state index in [0.29, 0.717) is 5.16 Å². The molecule has 0 aliphatic heterocycles. The molecule has 0 spiro atoms. The summed E-state index contributed by atoms with van der Waals surface area (Å²) in [6, 6.07) is 23.1. The Hall–Kier alpha value is -3.56. The van der Waals surface area contributed by atoms with E-state index in [2.05, 4.69) is 60.2 Å². The van der Waals surface area contributed by atoms with Gasteiger partial charge in [0.05, 0.1) is 15.1 Å². The molecule has 7 nitrogen and oxygen atoms in total. The Morgan fingerprint density at radius 2 is 1.71 bits per heavy atom. The van der Waals surface area contributed by atoms with Crippen molar-refractivity contribution < 1.29 is 4.92 Å². The summed E-state index contributed by atoms with van der Waals surface area (Å²) in [5.74, 6) is 0.742. The third-order valence-corrected chi connectivity index (χ3v) is 7.42. The maximum absolute atomic E-state index is 11.1. The molecule has 0 saturated carbocycles. The first-order valence-corrected chi connectivity index (χ1v) is 12.3. The Balaban J connectivity index is 1.56. The quantitative estimate of drug-likeness (QED) is 0.198. The molecule has 34 heavy (non-hydrogen) atoms. The molecular formula is C25H21N5O2S2. The molecule has 0 fully saturated rings. The molecular weight excluding hydrogens is 466 g/mol. The van der Waals surface area contributed by atoms with E-state index in [1.165, 1.54) is 34.7 Å². The van der Waals surface area contributed by atoms with Gasteiger partial charge in [-0.2, -0.15) is 0 Å². The van der Waals surface area contributed by atoms with Crippen LogP contribution in [0.25, 0.3) is 27.3 Å². The number of thiazole rings is 1. The molecule has 5 aromatic rings. The first-order valence-electron chi connectivity index (χ1n) is 10.6. The second kappa shape index (κ2) is 8.66. The summed E-state index contributed by atoms with van der Waals surface area (Å²) in [7, 11) is 0. The molecule has 3 aromatic carbocycles. The molecule has 0 aliphatic carbocycles. The van der Waals surface area contributed by atoms with Crippen LogP contribution in [-0.2, 0) is 5.41 Å². The maximum atomic E-state index is 11.1. The first-order chi connectivity index (χ1) is 16.3. The summed E-state index contributed by atoms with van der Waals surface area (Å²) in [4.78, 5) is 15.4. The summed E-state index contributed by atoms with van der Waals surface area (Å²) in [5, 5.41) is 20.8. The highest BCUT2D eigenvalue weighted by Crippen LogP contribution is 2.37. The van der Waals surface area contributed by atoms with Crippen LogP contribution in [0.3, 0.4) is 0 Å². The monoisotopic (exact) mass is 487 g/mol. The van der Waals surface area contributed by atoms with Gasteiger partial charge in [0, 0.05) is 23.4 Å². The predicted octanol–water partition coefficient (Wildman–Crippen LogP) is 6.90. The van der Waals surface area contributed by atoms with Gasteiger partial charge in [0.25, 0.3) is 5.69 Å². The van der Waals surface area contributed by atoms with Gasteiger partial charge in [0.1, 0.15) is 0 Å². The van der Waals surface area contributed by atoms with Crippen molar-refractivity contribution in [2.45, 2.75) is 35.7 Å². The predicted molar refractivity (Wildman–Crippen MR) is 136 cm³/mol. The molecule has 0 radical (unpaired) electrons.